The van der Waals surface area contributed by atoms with Gasteiger partial charge in [0.05, 0.1) is 17.2 Å². The molecule has 7 heteroatoms. The Hall–Kier alpha value is -4.00. The topological polar surface area (TPSA) is 78.5 Å². The van der Waals surface area contributed by atoms with Gasteiger partial charge in [0.25, 0.3) is 5.91 Å². The van der Waals surface area contributed by atoms with Crippen LogP contribution in [-0.2, 0) is 16.1 Å². The van der Waals surface area contributed by atoms with E-state index in [-0.39, 0.29) is 43.0 Å². The molecule has 0 spiro atoms. The second-order valence-electron chi connectivity index (χ2n) is 8.09. The molecule has 1 fully saturated rings. The number of carbonyl (C=O) groups excluding carboxylic acids is 3. The molecular weight excluding hydrogens is 421 g/mol. The zero-order valence-electron chi connectivity index (χ0n) is 18.2. The molecule has 4 rings (SSSR count). The Morgan fingerprint density at radius 2 is 1.79 bits per heavy atom. The van der Waals surface area contributed by atoms with Gasteiger partial charge in [-0.2, -0.15) is 0 Å². The molecule has 0 radical (unpaired) electrons. The summed E-state index contributed by atoms with van der Waals surface area (Å²) in [5, 5.41) is 5.60. The predicted octanol–water partition coefficient (Wildman–Crippen LogP) is 4.06. The summed E-state index contributed by atoms with van der Waals surface area (Å²) < 4.78 is 13.1. The minimum absolute atomic E-state index is 0.105. The summed E-state index contributed by atoms with van der Waals surface area (Å²) in [4.78, 5) is 39.8. The molecule has 3 amide bonds. The van der Waals surface area contributed by atoms with Gasteiger partial charge >= 0.3 is 0 Å². The van der Waals surface area contributed by atoms with Crippen LogP contribution in [0.2, 0.25) is 0 Å². The van der Waals surface area contributed by atoms with Crippen LogP contribution in [0.1, 0.15) is 27.9 Å². The van der Waals surface area contributed by atoms with Gasteiger partial charge in [0.2, 0.25) is 11.8 Å². The minimum Gasteiger partial charge on any atom is -0.348 e. The number of aryl methyl sites for hydroxylation is 1. The molecule has 1 saturated heterocycles. The molecule has 2 N–H and O–H groups in total. The quantitative estimate of drug-likeness (QED) is 0.601. The van der Waals surface area contributed by atoms with Crippen molar-refractivity contribution in [3.63, 3.8) is 0 Å². The van der Waals surface area contributed by atoms with Crippen LogP contribution < -0.4 is 15.5 Å². The van der Waals surface area contributed by atoms with Crippen LogP contribution in [0, 0.1) is 18.7 Å². The van der Waals surface area contributed by atoms with Crippen molar-refractivity contribution in [1.82, 2.24) is 5.32 Å². The van der Waals surface area contributed by atoms with E-state index in [0.717, 1.165) is 16.8 Å². The predicted molar refractivity (Wildman–Crippen MR) is 124 cm³/mol. The Morgan fingerprint density at radius 1 is 1.03 bits per heavy atom. The molecule has 1 aliphatic rings. The summed E-state index contributed by atoms with van der Waals surface area (Å²) in [5.74, 6) is -1.64. The van der Waals surface area contributed by atoms with Gasteiger partial charge in [-0.3, -0.25) is 14.4 Å². The fourth-order valence-corrected chi connectivity index (χ4v) is 3.83. The fourth-order valence-electron chi connectivity index (χ4n) is 3.83. The smallest absolute Gasteiger partial charge is 0.253 e. The highest BCUT2D eigenvalue weighted by molar-refractivity contribution is 6.07. The molecule has 1 heterocycles. The number of carbonyl (C=O) groups is 3. The number of hydrogen-bond donors (Lipinski definition) is 2. The van der Waals surface area contributed by atoms with Crippen LogP contribution in [-0.4, -0.2) is 24.3 Å². The van der Waals surface area contributed by atoms with Gasteiger partial charge in [0.15, 0.2) is 0 Å². The zero-order valence-corrected chi connectivity index (χ0v) is 18.2. The van der Waals surface area contributed by atoms with E-state index in [4.69, 9.17) is 0 Å². The van der Waals surface area contributed by atoms with Gasteiger partial charge < -0.3 is 15.5 Å². The molecule has 168 valence electrons. The Morgan fingerprint density at radius 3 is 2.55 bits per heavy atom. The van der Waals surface area contributed by atoms with E-state index >= 15 is 0 Å². The molecule has 33 heavy (non-hydrogen) atoms. The van der Waals surface area contributed by atoms with Gasteiger partial charge in [-0.1, -0.05) is 36.4 Å². The first-order chi connectivity index (χ1) is 15.9. The molecule has 1 atom stereocenters. The van der Waals surface area contributed by atoms with Crippen LogP contribution >= 0.6 is 0 Å². The van der Waals surface area contributed by atoms with Crippen LogP contribution in [0.3, 0.4) is 0 Å². The first kappa shape index (κ1) is 22.2. The fraction of sp³-hybridized carbons (Fsp3) is 0.192. The standard InChI is InChI=1S/C26H24FN3O3/c1-17-5-4-6-21(13-17)30-16-19(14-24(30)31)25(32)29-23-8-3-2-7-22(23)26(33)28-15-18-9-11-20(27)12-10-18/h2-13,19H,14-16H2,1H3,(H,28,33)(H,29,32)/t19-/m0/s1. The third-order valence-electron chi connectivity index (χ3n) is 5.61. The Labute approximate surface area is 191 Å². The van der Waals surface area contributed by atoms with Crippen molar-refractivity contribution in [3.8, 4) is 0 Å². The van der Waals surface area contributed by atoms with Crippen LogP contribution in [0.25, 0.3) is 0 Å². The van der Waals surface area contributed by atoms with Crippen molar-refractivity contribution in [2.45, 2.75) is 19.9 Å². The van der Waals surface area contributed by atoms with E-state index in [1.165, 1.54) is 12.1 Å². The summed E-state index contributed by atoms with van der Waals surface area (Å²) >= 11 is 0. The van der Waals surface area contributed by atoms with Gasteiger partial charge in [-0.15, -0.1) is 0 Å². The SMILES string of the molecule is Cc1cccc(N2C[C@@H](C(=O)Nc3ccccc3C(=O)NCc3ccc(F)cc3)CC2=O)c1. The van der Waals surface area contributed by atoms with Crippen molar-refractivity contribution in [3.05, 3.63) is 95.3 Å². The maximum Gasteiger partial charge on any atom is 0.253 e. The molecule has 6 nitrogen and oxygen atoms in total. The second-order valence-corrected chi connectivity index (χ2v) is 8.09. The van der Waals surface area contributed by atoms with Gasteiger partial charge in [0.1, 0.15) is 5.82 Å². The summed E-state index contributed by atoms with van der Waals surface area (Å²) in [7, 11) is 0. The number of rotatable bonds is 6. The molecule has 0 bridgehead atoms. The highest BCUT2D eigenvalue weighted by Crippen LogP contribution is 2.27. The van der Waals surface area contributed by atoms with E-state index < -0.39 is 5.92 Å². The molecule has 0 aromatic heterocycles. The molecule has 0 aliphatic carbocycles. The monoisotopic (exact) mass is 445 g/mol. The number of hydrogen-bond acceptors (Lipinski definition) is 3. The van der Waals surface area contributed by atoms with E-state index in [1.54, 1.807) is 41.3 Å². The van der Waals surface area contributed by atoms with E-state index in [2.05, 4.69) is 10.6 Å². The lowest BCUT2D eigenvalue weighted by atomic mass is 10.1. The van der Waals surface area contributed by atoms with Crippen LogP contribution in [0.15, 0.2) is 72.8 Å². The highest BCUT2D eigenvalue weighted by Gasteiger charge is 2.35. The zero-order chi connectivity index (χ0) is 23.4. The van der Waals surface area contributed by atoms with Crippen LogP contribution in [0.4, 0.5) is 15.8 Å². The number of nitrogens with one attached hydrogen (secondary N) is 2. The number of nitrogens with zero attached hydrogens (tertiary/aromatic N) is 1. The average molecular weight is 445 g/mol. The van der Waals surface area contributed by atoms with Gasteiger partial charge in [0, 0.05) is 25.2 Å². The molecule has 0 unspecified atom stereocenters. The maximum atomic E-state index is 13.1. The van der Waals surface area contributed by atoms with E-state index in [1.807, 2.05) is 31.2 Å². The van der Waals surface area contributed by atoms with Crippen molar-refractivity contribution in [1.29, 1.82) is 0 Å². The lowest BCUT2D eigenvalue weighted by molar-refractivity contribution is -0.122. The van der Waals surface area contributed by atoms with Crippen molar-refractivity contribution in [2.75, 3.05) is 16.8 Å². The van der Waals surface area contributed by atoms with Gasteiger partial charge in [-0.05, 0) is 54.4 Å². The first-order valence-electron chi connectivity index (χ1n) is 10.7. The van der Waals surface area contributed by atoms with Gasteiger partial charge in [-0.25, -0.2) is 4.39 Å². The second kappa shape index (κ2) is 9.65. The summed E-state index contributed by atoms with van der Waals surface area (Å²) in [6.45, 7) is 2.46. The molecule has 1 aliphatic heterocycles. The van der Waals surface area contributed by atoms with Crippen molar-refractivity contribution in [2.24, 2.45) is 5.92 Å². The first-order valence-corrected chi connectivity index (χ1v) is 10.7. The molecular formula is C26H24FN3O3. The van der Waals surface area contributed by atoms with Crippen LogP contribution in [0.5, 0.6) is 0 Å². The van der Waals surface area contributed by atoms with E-state index in [0.29, 0.717) is 11.3 Å². The average Bonchev–Trinajstić information content (AvgIpc) is 3.21. The number of para-hydroxylation sites is 1. The molecule has 3 aromatic carbocycles. The van der Waals surface area contributed by atoms with Crippen molar-refractivity contribution >= 4 is 29.1 Å². The Bertz CT molecular complexity index is 1190. The number of benzene rings is 3. The lowest BCUT2D eigenvalue weighted by Crippen LogP contribution is -2.29. The third-order valence-corrected chi connectivity index (χ3v) is 5.61. The Balaban J connectivity index is 1.42. The largest absolute Gasteiger partial charge is 0.348 e. The normalized spacial score (nSPS) is 15.4. The van der Waals surface area contributed by atoms with E-state index in [9.17, 15) is 18.8 Å². The summed E-state index contributed by atoms with van der Waals surface area (Å²) in [6.07, 6.45) is 0.110. The maximum absolute atomic E-state index is 13.1. The van der Waals surface area contributed by atoms with Crippen molar-refractivity contribution < 1.29 is 18.8 Å². The summed E-state index contributed by atoms with van der Waals surface area (Å²) in [6, 6.07) is 20.2. The highest BCUT2D eigenvalue weighted by atomic mass is 19.1. The lowest BCUT2D eigenvalue weighted by Gasteiger charge is -2.17. The minimum atomic E-state index is -0.520. The summed E-state index contributed by atoms with van der Waals surface area (Å²) in [5.41, 5.74) is 3.25. The Kier molecular flexibility index (Phi) is 6.49. The molecule has 3 aromatic rings. The third kappa shape index (κ3) is 5.26. The number of anilines is 2. The number of halogens is 1. The molecule has 0 saturated carbocycles. The number of amides is 3.